The van der Waals surface area contributed by atoms with E-state index in [1.54, 1.807) is 24.1 Å². The summed E-state index contributed by atoms with van der Waals surface area (Å²) in [5, 5.41) is 0.592. The van der Waals surface area contributed by atoms with Crippen molar-refractivity contribution in [1.29, 1.82) is 0 Å². The average molecular weight is 361 g/mol. The van der Waals surface area contributed by atoms with Crippen LogP contribution in [-0.2, 0) is 11.3 Å². The van der Waals surface area contributed by atoms with Gasteiger partial charge < -0.3 is 10.6 Å². The largest absolute Gasteiger partial charge is 0.398 e. The maximum atomic E-state index is 12.1. The molecule has 1 aromatic carbocycles. The van der Waals surface area contributed by atoms with Gasteiger partial charge in [-0.15, -0.1) is 23.1 Å². The van der Waals surface area contributed by atoms with Crippen LogP contribution in [0.5, 0.6) is 0 Å². The molecule has 2 N–H and O–H groups in total. The highest BCUT2D eigenvalue weighted by Crippen LogP contribution is 2.28. The number of hydrogen-bond donors (Lipinski definition) is 1. The molecule has 0 saturated heterocycles. The number of carbonyl (C=O) groups excluding carboxylic acids is 1. The average Bonchev–Trinajstić information content (AvgIpc) is 2.82. The van der Waals surface area contributed by atoms with E-state index in [0.29, 0.717) is 23.0 Å². The highest BCUT2D eigenvalue weighted by molar-refractivity contribution is 8.00. The molecular formula is C14H14Cl2N2OS2. The van der Waals surface area contributed by atoms with Gasteiger partial charge in [-0.25, -0.2) is 0 Å². The monoisotopic (exact) mass is 360 g/mol. The Morgan fingerprint density at radius 1 is 1.33 bits per heavy atom. The molecule has 0 aliphatic rings. The third kappa shape index (κ3) is 4.81. The van der Waals surface area contributed by atoms with Crippen LogP contribution in [0.4, 0.5) is 5.69 Å². The number of amides is 1. The van der Waals surface area contributed by atoms with Crippen LogP contribution in [0.1, 0.15) is 4.88 Å². The van der Waals surface area contributed by atoms with Crippen molar-refractivity contribution in [3.63, 3.8) is 0 Å². The number of nitrogen functional groups attached to an aromatic ring is 1. The van der Waals surface area contributed by atoms with Gasteiger partial charge in [0.1, 0.15) is 0 Å². The third-order valence-electron chi connectivity index (χ3n) is 2.77. The number of nitrogens with two attached hydrogens (primary N) is 1. The number of nitrogens with zero attached hydrogens (tertiary/aromatic N) is 1. The second kappa shape index (κ2) is 7.40. The lowest BCUT2D eigenvalue weighted by Crippen LogP contribution is -2.27. The summed E-state index contributed by atoms with van der Waals surface area (Å²) in [6.45, 7) is 0.562. The first kappa shape index (κ1) is 16.5. The molecule has 0 saturated carbocycles. The highest BCUT2D eigenvalue weighted by atomic mass is 35.5. The lowest BCUT2D eigenvalue weighted by Gasteiger charge is -2.16. The summed E-state index contributed by atoms with van der Waals surface area (Å²) in [6, 6.07) is 9.05. The molecule has 1 aromatic heterocycles. The topological polar surface area (TPSA) is 46.3 Å². The molecule has 2 aromatic rings. The lowest BCUT2D eigenvalue weighted by atomic mass is 10.3. The molecular weight excluding hydrogens is 347 g/mol. The van der Waals surface area contributed by atoms with Gasteiger partial charge in [-0.05, 0) is 30.3 Å². The summed E-state index contributed by atoms with van der Waals surface area (Å²) in [4.78, 5) is 15.7. The fraction of sp³-hybridized carbons (Fsp3) is 0.214. The molecule has 1 amide bonds. The number of hydrogen-bond acceptors (Lipinski definition) is 4. The summed E-state index contributed by atoms with van der Waals surface area (Å²) in [5.74, 6) is 0.375. The van der Waals surface area contributed by atoms with Crippen molar-refractivity contribution >= 4 is 57.9 Å². The van der Waals surface area contributed by atoms with Crippen LogP contribution in [0.3, 0.4) is 0 Å². The van der Waals surface area contributed by atoms with Crippen LogP contribution < -0.4 is 5.73 Å². The molecule has 3 nitrogen and oxygen atoms in total. The van der Waals surface area contributed by atoms with Crippen LogP contribution in [0.25, 0.3) is 0 Å². The van der Waals surface area contributed by atoms with Crippen molar-refractivity contribution in [2.45, 2.75) is 11.4 Å². The molecule has 0 radical (unpaired) electrons. The van der Waals surface area contributed by atoms with Gasteiger partial charge >= 0.3 is 0 Å². The number of anilines is 1. The van der Waals surface area contributed by atoms with Crippen LogP contribution in [0.2, 0.25) is 9.36 Å². The minimum Gasteiger partial charge on any atom is -0.398 e. The van der Waals surface area contributed by atoms with Crippen LogP contribution in [-0.4, -0.2) is 23.6 Å². The molecule has 0 atom stereocenters. The van der Waals surface area contributed by atoms with Crippen molar-refractivity contribution in [2.24, 2.45) is 0 Å². The van der Waals surface area contributed by atoms with Crippen LogP contribution >= 0.6 is 46.3 Å². The first-order chi connectivity index (χ1) is 9.95. The minimum atomic E-state index is 0.0406. The summed E-state index contributed by atoms with van der Waals surface area (Å²) in [7, 11) is 1.78. The van der Waals surface area contributed by atoms with Gasteiger partial charge in [0, 0.05) is 27.5 Å². The van der Waals surface area contributed by atoms with Gasteiger partial charge in [-0.3, -0.25) is 4.79 Å². The SMILES string of the molecule is CN(Cc1ccc(Cl)s1)C(=O)CSc1ccc(Cl)cc1N. The van der Waals surface area contributed by atoms with Gasteiger partial charge in [-0.2, -0.15) is 0 Å². The maximum Gasteiger partial charge on any atom is 0.233 e. The molecule has 7 heteroatoms. The van der Waals surface area contributed by atoms with Gasteiger partial charge in [0.15, 0.2) is 0 Å². The fourth-order valence-electron chi connectivity index (χ4n) is 1.66. The van der Waals surface area contributed by atoms with E-state index in [4.69, 9.17) is 28.9 Å². The molecule has 0 aliphatic heterocycles. The Balaban J connectivity index is 1.89. The number of thiophene rings is 1. The Kier molecular flexibility index (Phi) is 5.81. The smallest absolute Gasteiger partial charge is 0.233 e. The maximum absolute atomic E-state index is 12.1. The van der Waals surface area contributed by atoms with E-state index in [2.05, 4.69) is 0 Å². The molecule has 0 bridgehead atoms. The van der Waals surface area contributed by atoms with Crippen LogP contribution in [0.15, 0.2) is 35.2 Å². The van der Waals surface area contributed by atoms with E-state index >= 15 is 0 Å². The normalized spacial score (nSPS) is 10.6. The molecule has 0 aliphatic carbocycles. The molecule has 21 heavy (non-hydrogen) atoms. The molecule has 0 unspecified atom stereocenters. The van der Waals surface area contributed by atoms with E-state index in [1.807, 2.05) is 18.2 Å². The first-order valence-electron chi connectivity index (χ1n) is 6.11. The number of benzene rings is 1. The number of carbonyl (C=O) groups is 1. The molecule has 0 spiro atoms. The molecule has 2 rings (SSSR count). The zero-order valence-corrected chi connectivity index (χ0v) is 14.5. The summed E-state index contributed by atoms with van der Waals surface area (Å²) < 4.78 is 0.731. The quantitative estimate of drug-likeness (QED) is 0.635. The Hall–Kier alpha value is -0.880. The Morgan fingerprint density at radius 2 is 2.10 bits per heavy atom. The highest BCUT2D eigenvalue weighted by Gasteiger charge is 2.12. The Bertz CT molecular complexity index is 646. The van der Waals surface area contributed by atoms with E-state index in [-0.39, 0.29) is 5.91 Å². The predicted octanol–water partition coefficient (Wildman–Crippen LogP) is 4.39. The van der Waals surface area contributed by atoms with Crippen molar-refractivity contribution in [2.75, 3.05) is 18.5 Å². The summed E-state index contributed by atoms with van der Waals surface area (Å²) in [5.41, 5.74) is 6.46. The standard InChI is InChI=1S/C14H14Cl2N2OS2/c1-18(7-10-3-5-13(16)21-10)14(19)8-20-12-4-2-9(15)6-11(12)17/h2-6H,7-8,17H2,1H3. The van der Waals surface area contributed by atoms with E-state index < -0.39 is 0 Å². The Labute approximate surface area is 142 Å². The molecule has 1 heterocycles. The third-order valence-corrected chi connectivity index (χ3v) is 5.30. The zero-order valence-electron chi connectivity index (χ0n) is 11.3. The minimum absolute atomic E-state index is 0.0406. The predicted molar refractivity (Wildman–Crippen MR) is 92.4 cm³/mol. The second-order valence-electron chi connectivity index (χ2n) is 4.43. The van der Waals surface area contributed by atoms with Crippen molar-refractivity contribution in [3.8, 4) is 0 Å². The number of halogens is 2. The van der Waals surface area contributed by atoms with E-state index in [1.165, 1.54) is 23.1 Å². The lowest BCUT2D eigenvalue weighted by molar-refractivity contribution is -0.127. The van der Waals surface area contributed by atoms with Gasteiger partial charge in [0.2, 0.25) is 5.91 Å². The zero-order chi connectivity index (χ0) is 15.4. The van der Waals surface area contributed by atoms with Gasteiger partial charge in [-0.1, -0.05) is 23.2 Å². The van der Waals surface area contributed by atoms with E-state index in [0.717, 1.165) is 14.1 Å². The van der Waals surface area contributed by atoms with Crippen molar-refractivity contribution in [1.82, 2.24) is 4.90 Å². The van der Waals surface area contributed by atoms with Gasteiger partial charge in [0.25, 0.3) is 0 Å². The molecule has 0 fully saturated rings. The van der Waals surface area contributed by atoms with Gasteiger partial charge in [0.05, 0.1) is 16.6 Å². The Morgan fingerprint density at radius 3 is 2.71 bits per heavy atom. The summed E-state index contributed by atoms with van der Waals surface area (Å²) in [6.07, 6.45) is 0. The molecule has 112 valence electrons. The van der Waals surface area contributed by atoms with E-state index in [9.17, 15) is 4.79 Å². The second-order valence-corrected chi connectivity index (χ2v) is 7.68. The number of rotatable bonds is 5. The van der Waals surface area contributed by atoms with Crippen molar-refractivity contribution in [3.05, 3.63) is 44.6 Å². The van der Waals surface area contributed by atoms with Crippen LogP contribution in [0, 0.1) is 0 Å². The fourth-order valence-corrected chi connectivity index (χ4v) is 3.87. The summed E-state index contributed by atoms with van der Waals surface area (Å²) >= 11 is 14.6. The van der Waals surface area contributed by atoms with Crippen molar-refractivity contribution < 1.29 is 4.79 Å². The first-order valence-corrected chi connectivity index (χ1v) is 8.67. The number of thioether (sulfide) groups is 1.